The number of pyridine rings is 2. The maximum Gasteiger partial charge on any atom is 0.131 e. The molecule has 23 heavy (non-hydrogen) atoms. The summed E-state index contributed by atoms with van der Waals surface area (Å²) in [6, 6.07) is 7.23. The fourth-order valence-corrected chi connectivity index (χ4v) is 2.28. The van der Waals surface area contributed by atoms with Crippen molar-refractivity contribution in [3.05, 3.63) is 41.3 Å². The lowest BCUT2D eigenvalue weighted by Crippen LogP contribution is -2.17. The molecular weight excluding hydrogens is 314 g/mol. The average molecular weight is 336 g/mol. The Morgan fingerprint density at radius 3 is 2.74 bits per heavy atom. The molecule has 0 unspecified atom stereocenters. The van der Waals surface area contributed by atoms with Crippen LogP contribution in [0.2, 0.25) is 5.15 Å². The highest BCUT2D eigenvalue weighted by Crippen LogP contribution is 2.29. The summed E-state index contributed by atoms with van der Waals surface area (Å²) in [5, 5.41) is 23.1. The molecule has 0 aliphatic carbocycles. The van der Waals surface area contributed by atoms with Crippen LogP contribution in [-0.2, 0) is 5.60 Å². The van der Waals surface area contributed by atoms with E-state index >= 15 is 0 Å². The Bertz CT molecular complexity index is 669. The van der Waals surface area contributed by atoms with E-state index in [-0.39, 0.29) is 6.10 Å². The number of nitrogens with one attached hydrogen (secondary N) is 1. The Labute approximate surface area is 141 Å². The van der Waals surface area contributed by atoms with E-state index in [9.17, 15) is 10.2 Å². The molecule has 2 aromatic rings. The fourth-order valence-electron chi connectivity index (χ4n) is 2.12. The molecule has 124 valence electrons. The van der Waals surface area contributed by atoms with E-state index in [2.05, 4.69) is 15.3 Å². The van der Waals surface area contributed by atoms with E-state index in [0.29, 0.717) is 29.5 Å². The Hall–Kier alpha value is -1.69. The van der Waals surface area contributed by atoms with Gasteiger partial charge in [-0.3, -0.25) is 0 Å². The zero-order valence-electron chi connectivity index (χ0n) is 13.5. The molecule has 5 nitrogen and oxygen atoms in total. The summed E-state index contributed by atoms with van der Waals surface area (Å²) in [5.41, 5.74) is 1.86. The van der Waals surface area contributed by atoms with Gasteiger partial charge >= 0.3 is 0 Å². The van der Waals surface area contributed by atoms with Crippen LogP contribution in [0.1, 0.15) is 32.9 Å². The molecule has 0 saturated carbocycles. The van der Waals surface area contributed by atoms with Crippen molar-refractivity contribution in [1.29, 1.82) is 0 Å². The van der Waals surface area contributed by atoms with E-state index in [4.69, 9.17) is 11.6 Å². The van der Waals surface area contributed by atoms with Crippen LogP contribution in [0.3, 0.4) is 0 Å². The van der Waals surface area contributed by atoms with Crippen molar-refractivity contribution in [3.8, 4) is 11.3 Å². The van der Waals surface area contributed by atoms with Gasteiger partial charge in [0.05, 0.1) is 17.5 Å². The molecule has 0 fully saturated rings. The number of hydrogen-bond donors (Lipinski definition) is 3. The average Bonchev–Trinajstić information content (AvgIpc) is 2.46. The van der Waals surface area contributed by atoms with E-state index in [1.807, 2.05) is 12.1 Å². The van der Waals surface area contributed by atoms with Gasteiger partial charge in [0.2, 0.25) is 0 Å². The molecule has 2 rings (SSSR count). The van der Waals surface area contributed by atoms with Crippen molar-refractivity contribution in [2.24, 2.45) is 0 Å². The lowest BCUT2D eigenvalue weighted by Gasteiger charge is -2.18. The number of rotatable bonds is 6. The van der Waals surface area contributed by atoms with Gasteiger partial charge in [0.15, 0.2) is 0 Å². The lowest BCUT2D eigenvalue weighted by molar-refractivity contribution is 0.0740. The minimum absolute atomic E-state index is 0.375. The number of aliphatic hydroxyl groups excluding tert-OH is 1. The van der Waals surface area contributed by atoms with Gasteiger partial charge in [-0.05, 0) is 45.4 Å². The summed E-state index contributed by atoms with van der Waals surface area (Å²) >= 11 is 5.99. The van der Waals surface area contributed by atoms with E-state index in [0.717, 1.165) is 11.3 Å². The van der Waals surface area contributed by atoms with Gasteiger partial charge < -0.3 is 15.5 Å². The number of halogens is 1. The molecular formula is C17H22ClN3O2. The summed E-state index contributed by atoms with van der Waals surface area (Å²) in [6.45, 7) is 5.74. The van der Waals surface area contributed by atoms with Gasteiger partial charge in [-0.15, -0.1) is 0 Å². The largest absolute Gasteiger partial charge is 0.393 e. The molecule has 0 aliphatic heterocycles. The Morgan fingerprint density at radius 2 is 2.09 bits per heavy atom. The standard InChI is InChI=1S/C17H22ClN3O2/c1-11(22)7-8-19-14-9-16(18)20-10-12(14)13-5-4-6-15(21-13)17(2,3)23/h4-6,9-11,22-23H,7-8H2,1-3H3,(H,19,20)/t11-/m1/s1. The third kappa shape index (κ3) is 4.89. The Kier molecular flexibility index (Phi) is 5.57. The minimum Gasteiger partial charge on any atom is -0.393 e. The van der Waals surface area contributed by atoms with Gasteiger partial charge in [0.1, 0.15) is 10.8 Å². The van der Waals surface area contributed by atoms with Crippen molar-refractivity contribution >= 4 is 17.3 Å². The lowest BCUT2D eigenvalue weighted by atomic mass is 10.0. The van der Waals surface area contributed by atoms with Crippen molar-refractivity contribution < 1.29 is 10.2 Å². The number of nitrogens with zero attached hydrogens (tertiary/aromatic N) is 2. The van der Waals surface area contributed by atoms with E-state index < -0.39 is 5.60 Å². The van der Waals surface area contributed by atoms with Crippen LogP contribution in [0.25, 0.3) is 11.3 Å². The topological polar surface area (TPSA) is 78.3 Å². The zero-order chi connectivity index (χ0) is 17.0. The molecule has 0 spiro atoms. The summed E-state index contributed by atoms with van der Waals surface area (Å²) in [5.74, 6) is 0. The number of aromatic nitrogens is 2. The SMILES string of the molecule is C[C@@H](O)CCNc1cc(Cl)ncc1-c1cccc(C(C)(C)O)n1. The predicted octanol–water partition coefficient (Wildman–Crippen LogP) is 3.21. The summed E-state index contributed by atoms with van der Waals surface area (Å²) < 4.78 is 0. The highest BCUT2D eigenvalue weighted by Gasteiger charge is 2.19. The fraction of sp³-hybridized carbons (Fsp3) is 0.412. The van der Waals surface area contributed by atoms with Crippen LogP contribution in [0.4, 0.5) is 5.69 Å². The maximum atomic E-state index is 10.1. The molecule has 6 heteroatoms. The molecule has 0 aliphatic rings. The number of anilines is 1. The molecule has 0 amide bonds. The summed E-state index contributed by atoms with van der Waals surface area (Å²) in [6.07, 6.45) is 1.90. The van der Waals surface area contributed by atoms with Crippen LogP contribution < -0.4 is 5.32 Å². The zero-order valence-corrected chi connectivity index (χ0v) is 14.3. The van der Waals surface area contributed by atoms with Crippen LogP contribution in [0.5, 0.6) is 0 Å². The Balaban J connectivity index is 2.35. The van der Waals surface area contributed by atoms with Crippen molar-refractivity contribution in [2.45, 2.75) is 38.9 Å². The first-order chi connectivity index (χ1) is 10.8. The normalized spacial score (nSPS) is 13.0. The first-order valence-corrected chi connectivity index (χ1v) is 7.93. The second-order valence-corrected chi connectivity index (χ2v) is 6.47. The monoisotopic (exact) mass is 335 g/mol. The quantitative estimate of drug-likeness (QED) is 0.706. The molecule has 0 radical (unpaired) electrons. The molecule has 0 saturated heterocycles. The third-order valence-corrected chi connectivity index (χ3v) is 3.61. The predicted molar refractivity (Wildman–Crippen MR) is 92.5 cm³/mol. The molecule has 1 atom stereocenters. The molecule has 2 aromatic heterocycles. The smallest absolute Gasteiger partial charge is 0.131 e. The van der Waals surface area contributed by atoms with Crippen LogP contribution >= 0.6 is 11.6 Å². The van der Waals surface area contributed by atoms with Crippen LogP contribution in [0, 0.1) is 0 Å². The van der Waals surface area contributed by atoms with Crippen LogP contribution in [-0.4, -0.2) is 32.8 Å². The van der Waals surface area contributed by atoms with E-state index in [1.54, 1.807) is 39.1 Å². The highest BCUT2D eigenvalue weighted by molar-refractivity contribution is 6.29. The molecule has 3 N–H and O–H groups in total. The number of aliphatic hydroxyl groups is 2. The molecule has 0 aromatic carbocycles. The van der Waals surface area contributed by atoms with Gasteiger partial charge in [0.25, 0.3) is 0 Å². The third-order valence-electron chi connectivity index (χ3n) is 3.40. The first kappa shape index (κ1) is 17.7. The van der Waals surface area contributed by atoms with Gasteiger partial charge in [-0.2, -0.15) is 0 Å². The minimum atomic E-state index is -1.02. The van der Waals surface area contributed by atoms with E-state index in [1.165, 1.54) is 0 Å². The summed E-state index contributed by atoms with van der Waals surface area (Å²) in [7, 11) is 0. The maximum absolute atomic E-state index is 10.1. The molecule has 0 bridgehead atoms. The second kappa shape index (κ2) is 7.25. The van der Waals surface area contributed by atoms with Crippen LogP contribution in [0.15, 0.2) is 30.5 Å². The first-order valence-electron chi connectivity index (χ1n) is 7.55. The van der Waals surface area contributed by atoms with Crippen molar-refractivity contribution in [1.82, 2.24) is 9.97 Å². The molecule has 2 heterocycles. The summed E-state index contributed by atoms with van der Waals surface area (Å²) in [4.78, 5) is 8.65. The highest BCUT2D eigenvalue weighted by atomic mass is 35.5. The number of hydrogen-bond acceptors (Lipinski definition) is 5. The van der Waals surface area contributed by atoms with Gasteiger partial charge in [0, 0.05) is 24.0 Å². The Morgan fingerprint density at radius 1 is 1.35 bits per heavy atom. The van der Waals surface area contributed by atoms with Crippen molar-refractivity contribution in [3.63, 3.8) is 0 Å². The van der Waals surface area contributed by atoms with Gasteiger partial charge in [-0.25, -0.2) is 9.97 Å². The van der Waals surface area contributed by atoms with Gasteiger partial charge in [-0.1, -0.05) is 17.7 Å². The second-order valence-electron chi connectivity index (χ2n) is 6.08. The van der Waals surface area contributed by atoms with Crippen molar-refractivity contribution in [2.75, 3.05) is 11.9 Å².